The van der Waals surface area contributed by atoms with E-state index >= 15 is 0 Å². The highest BCUT2D eigenvalue weighted by molar-refractivity contribution is 5.85. The molecule has 1 saturated heterocycles. The van der Waals surface area contributed by atoms with E-state index in [1.54, 1.807) is 0 Å². The van der Waals surface area contributed by atoms with Gasteiger partial charge in [-0.15, -0.1) is 6.42 Å². The first-order chi connectivity index (χ1) is 5.75. The zero-order chi connectivity index (χ0) is 8.40. The van der Waals surface area contributed by atoms with Crippen LogP contribution in [0.25, 0.3) is 0 Å². The van der Waals surface area contributed by atoms with E-state index in [4.69, 9.17) is 11.2 Å². The van der Waals surface area contributed by atoms with E-state index < -0.39 is 0 Å². The summed E-state index contributed by atoms with van der Waals surface area (Å²) in [5.74, 6) is 2.57. The van der Waals surface area contributed by atoms with Gasteiger partial charge in [-0.3, -0.25) is 4.79 Å². The second-order valence-corrected chi connectivity index (χ2v) is 4.19. The van der Waals surface area contributed by atoms with Gasteiger partial charge in [0.25, 0.3) is 0 Å². The highest BCUT2D eigenvalue weighted by Crippen LogP contribution is 2.75. The Morgan fingerprint density at radius 1 is 1.42 bits per heavy atom. The van der Waals surface area contributed by atoms with Gasteiger partial charge in [0.1, 0.15) is 0 Å². The highest BCUT2D eigenvalue weighted by Gasteiger charge is 2.78. The molecule has 0 unspecified atom stereocenters. The number of rotatable bonds is 0. The van der Waals surface area contributed by atoms with Crippen molar-refractivity contribution in [3.63, 3.8) is 0 Å². The van der Waals surface area contributed by atoms with E-state index in [1.165, 1.54) is 0 Å². The molecule has 2 nitrogen and oxygen atoms in total. The maximum atomic E-state index is 11.5. The zero-order valence-corrected chi connectivity index (χ0v) is 6.80. The molecule has 12 heavy (non-hydrogen) atoms. The first kappa shape index (κ1) is 6.54. The average Bonchev–Trinajstić information content (AvgIpc) is 2.84. The molecule has 3 rings (SSSR count). The maximum Gasteiger partial charge on any atom is 0.314 e. The summed E-state index contributed by atoms with van der Waals surface area (Å²) in [6, 6.07) is 0. The molecule has 0 aromatic rings. The molecule has 1 aliphatic heterocycles. The number of carbonyl (C=O) groups is 1. The van der Waals surface area contributed by atoms with Gasteiger partial charge in [0, 0.05) is 5.41 Å². The fourth-order valence-electron chi connectivity index (χ4n) is 2.68. The summed E-state index contributed by atoms with van der Waals surface area (Å²) in [5.41, 5.74) is -0.0388. The molecule has 2 spiro atoms. The molecule has 0 aromatic carbocycles. The van der Waals surface area contributed by atoms with E-state index in [9.17, 15) is 4.79 Å². The van der Waals surface area contributed by atoms with Gasteiger partial charge in [0.15, 0.2) is 6.10 Å². The molecule has 1 heterocycles. The molecule has 0 N–H and O–H groups in total. The maximum absolute atomic E-state index is 11.5. The van der Waals surface area contributed by atoms with Crippen LogP contribution in [0.1, 0.15) is 25.7 Å². The monoisotopic (exact) mass is 162 g/mol. The first-order valence-electron chi connectivity index (χ1n) is 4.42. The van der Waals surface area contributed by atoms with Crippen molar-refractivity contribution < 1.29 is 9.53 Å². The van der Waals surface area contributed by atoms with Gasteiger partial charge in [-0.2, -0.15) is 0 Å². The summed E-state index contributed by atoms with van der Waals surface area (Å²) in [6.07, 6.45) is 9.31. The Hall–Kier alpha value is -0.970. The number of esters is 1. The van der Waals surface area contributed by atoms with Crippen molar-refractivity contribution in [2.24, 2.45) is 10.8 Å². The molecule has 3 fully saturated rings. The van der Waals surface area contributed by atoms with Crippen LogP contribution in [0.5, 0.6) is 0 Å². The van der Waals surface area contributed by atoms with Crippen molar-refractivity contribution in [3.05, 3.63) is 0 Å². The van der Waals surface area contributed by atoms with E-state index in [-0.39, 0.29) is 22.9 Å². The van der Waals surface area contributed by atoms with Crippen LogP contribution < -0.4 is 0 Å². The van der Waals surface area contributed by atoms with Crippen LogP contribution in [0.2, 0.25) is 0 Å². The lowest BCUT2D eigenvalue weighted by atomic mass is 9.84. The summed E-state index contributed by atoms with van der Waals surface area (Å²) >= 11 is 0. The third-order valence-corrected chi connectivity index (χ3v) is 3.76. The Morgan fingerprint density at radius 3 is 2.50 bits per heavy atom. The Kier molecular flexibility index (Phi) is 0.840. The molecule has 2 heteroatoms. The van der Waals surface area contributed by atoms with Crippen LogP contribution in [0.3, 0.4) is 0 Å². The Balaban J connectivity index is 2.07. The number of hydrogen-bond acceptors (Lipinski definition) is 2. The van der Waals surface area contributed by atoms with Crippen LogP contribution in [-0.4, -0.2) is 12.1 Å². The summed E-state index contributed by atoms with van der Waals surface area (Å²) in [6.45, 7) is 0. The predicted octanol–water partition coefficient (Wildman–Crippen LogP) is 1.11. The van der Waals surface area contributed by atoms with Gasteiger partial charge in [-0.1, -0.05) is 5.92 Å². The molecule has 1 atom stereocenters. The predicted molar refractivity (Wildman–Crippen MR) is 42.0 cm³/mol. The Morgan fingerprint density at radius 2 is 2.08 bits per heavy atom. The van der Waals surface area contributed by atoms with Crippen LogP contribution in [-0.2, 0) is 9.53 Å². The summed E-state index contributed by atoms with van der Waals surface area (Å²) in [7, 11) is 0. The standard InChI is InChI=1S/C10H10O2/c1-2-7-9(3-4-9)10(5-6-10)8(11)12-7/h1,7H,3-6H2/t7-/m0/s1. The molecule has 0 amide bonds. The van der Waals surface area contributed by atoms with Crippen molar-refractivity contribution in [1.29, 1.82) is 0 Å². The minimum Gasteiger partial charge on any atom is -0.448 e. The normalized spacial score (nSPS) is 37.9. The zero-order valence-electron chi connectivity index (χ0n) is 6.80. The number of terminal acetylenes is 1. The largest absolute Gasteiger partial charge is 0.448 e. The molecule has 2 saturated carbocycles. The molecular formula is C10H10O2. The van der Waals surface area contributed by atoms with Gasteiger partial charge >= 0.3 is 5.97 Å². The lowest BCUT2D eigenvalue weighted by Gasteiger charge is -2.13. The summed E-state index contributed by atoms with van der Waals surface area (Å²) < 4.78 is 5.19. The SMILES string of the molecule is C#C[C@@H]1OC(=O)C2(CC2)C12CC2. The first-order valence-corrected chi connectivity index (χ1v) is 4.42. The van der Waals surface area contributed by atoms with Crippen molar-refractivity contribution in [1.82, 2.24) is 0 Å². The van der Waals surface area contributed by atoms with E-state index in [2.05, 4.69) is 5.92 Å². The molecule has 0 aromatic heterocycles. The number of carbonyl (C=O) groups excluding carboxylic acids is 1. The van der Waals surface area contributed by atoms with Gasteiger partial charge in [-0.25, -0.2) is 0 Å². The van der Waals surface area contributed by atoms with E-state index in [0.29, 0.717) is 0 Å². The van der Waals surface area contributed by atoms with Crippen molar-refractivity contribution in [3.8, 4) is 12.3 Å². The van der Waals surface area contributed by atoms with Gasteiger partial charge in [0.05, 0.1) is 5.41 Å². The van der Waals surface area contributed by atoms with Crippen molar-refractivity contribution in [2.45, 2.75) is 31.8 Å². The number of ether oxygens (including phenoxy) is 1. The molecule has 62 valence electrons. The fourth-order valence-corrected chi connectivity index (χ4v) is 2.68. The van der Waals surface area contributed by atoms with Crippen LogP contribution in [0, 0.1) is 23.2 Å². The van der Waals surface area contributed by atoms with Gasteiger partial charge < -0.3 is 4.74 Å². The topological polar surface area (TPSA) is 26.3 Å². The second-order valence-electron chi connectivity index (χ2n) is 4.19. The van der Waals surface area contributed by atoms with Crippen molar-refractivity contribution in [2.75, 3.05) is 0 Å². The number of fused-ring (bicyclic) bond motifs is 1. The Bertz CT molecular complexity index is 302. The summed E-state index contributed by atoms with van der Waals surface area (Å²) in [5, 5.41) is 0. The molecule has 0 bridgehead atoms. The second kappa shape index (κ2) is 1.54. The van der Waals surface area contributed by atoms with E-state index in [0.717, 1.165) is 25.7 Å². The van der Waals surface area contributed by atoms with Crippen molar-refractivity contribution >= 4 is 5.97 Å². The number of cyclic esters (lactones) is 1. The Labute approximate surface area is 71.3 Å². The van der Waals surface area contributed by atoms with E-state index in [1.807, 2.05) is 0 Å². The lowest BCUT2D eigenvalue weighted by Crippen LogP contribution is -2.22. The molecule has 3 aliphatic rings. The fraction of sp³-hybridized carbons (Fsp3) is 0.700. The van der Waals surface area contributed by atoms with Crippen LogP contribution >= 0.6 is 0 Å². The minimum absolute atomic E-state index is 0.0250. The van der Waals surface area contributed by atoms with Crippen LogP contribution in [0.15, 0.2) is 0 Å². The lowest BCUT2D eigenvalue weighted by molar-refractivity contribution is -0.143. The van der Waals surface area contributed by atoms with Crippen LogP contribution in [0.4, 0.5) is 0 Å². The van der Waals surface area contributed by atoms with Gasteiger partial charge in [-0.05, 0) is 25.7 Å². The molecular weight excluding hydrogens is 152 g/mol. The molecule has 0 radical (unpaired) electrons. The third kappa shape index (κ3) is 0.449. The number of hydrogen-bond donors (Lipinski definition) is 0. The summed E-state index contributed by atoms with van der Waals surface area (Å²) in [4.78, 5) is 11.5. The van der Waals surface area contributed by atoms with Gasteiger partial charge in [0.2, 0.25) is 0 Å². The average molecular weight is 162 g/mol. The molecule has 2 aliphatic carbocycles. The third-order valence-electron chi connectivity index (χ3n) is 3.76. The smallest absolute Gasteiger partial charge is 0.314 e. The highest BCUT2D eigenvalue weighted by atomic mass is 16.6. The minimum atomic E-state index is -0.215. The quantitative estimate of drug-likeness (QED) is 0.394.